The SMILES string of the molecule is CN(Cc1ccc(Cl)cc1)[C@@H]1[C@@H](O)[C@H](Oc2ccc(F)cc2)C[C@H]1N. The number of hydrogen-bond donors (Lipinski definition) is 2. The molecule has 1 aliphatic carbocycles. The Morgan fingerprint density at radius 3 is 2.48 bits per heavy atom. The molecule has 0 radical (unpaired) electrons. The van der Waals surface area contributed by atoms with E-state index in [4.69, 9.17) is 22.1 Å². The van der Waals surface area contributed by atoms with Crippen LogP contribution in [0, 0.1) is 5.82 Å². The van der Waals surface area contributed by atoms with Gasteiger partial charge in [0, 0.05) is 24.0 Å². The summed E-state index contributed by atoms with van der Waals surface area (Å²) < 4.78 is 18.8. The van der Waals surface area contributed by atoms with E-state index in [0.29, 0.717) is 23.7 Å². The van der Waals surface area contributed by atoms with Crippen molar-refractivity contribution in [2.24, 2.45) is 5.73 Å². The van der Waals surface area contributed by atoms with Gasteiger partial charge in [0.15, 0.2) is 0 Å². The van der Waals surface area contributed by atoms with Gasteiger partial charge in [-0.25, -0.2) is 4.39 Å². The first-order valence-corrected chi connectivity index (χ1v) is 8.62. The van der Waals surface area contributed by atoms with Crippen molar-refractivity contribution >= 4 is 11.6 Å². The number of likely N-dealkylation sites (N-methyl/N-ethyl adjacent to an activating group) is 1. The molecule has 3 rings (SSSR count). The van der Waals surface area contributed by atoms with Crippen LogP contribution in [0.3, 0.4) is 0 Å². The van der Waals surface area contributed by atoms with E-state index in [1.807, 2.05) is 36.2 Å². The van der Waals surface area contributed by atoms with Gasteiger partial charge < -0.3 is 15.6 Å². The molecule has 0 saturated heterocycles. The van der Waals surface area contributed by atoms with E-state index in [0.717, 1.165) is 5.56 Å². The highest BCUT2D eigenvalue weighted by Crippen LogP contribution is 2.28. The number of hydrogen-bond acceptors (Lipinski definition) is 4. The molecule has 4 nitrogen and oxygen atoms in total. The molecule has 1 saturated carbocycles. The summed E-state index contributed by atoms with van der Waals surface area (Å²) in [6.07, 6.45) is -0.607. The second kappa shape index (κ2) is 7.70. The fourth-order valence-electron chi connectivity index (χ4n) is 3.40. The average molecular weight is 365 g/mol. The van der Waals surface area contributed by atoms with Gasteiger partial charge in [-0.3, -0.25) is 4.90 Å². The summed E-state index contributed by atoms with van der Waals surface area (Å²) in [5, 5.41) is 11.4. The van der Waals surface area contributed by atoms with Gasteiger partial charge in [0.05, 0.1) is 6.04 Å². The lowest BCUT2D eigenvalue weighted by molar-refractivity contribution is 0.0137. The fourth-order valence-corrected chi connectivity index (χ4v) is 3.52. The number of nitrogens with two attached hydrogens (primary N) is 1. The molecule has 1 aliphatic rings. The molecule has 0 bridgehead atoms. The Kier molecular flexibility index (Phi) is 5.59. The van der Waals surface area contributed by atoms with Gasteiger partial charge in [-0.2, -0.15) is 0 Å². The summed E-state index contributed by atoms with van der Waals surface area (Å²) in [6.45, 7) is 0.649. The lowest BCUT2D eigenvalue weighted by Crippen LogP contribution is -2.48. The summed E-state index contributed by atoms with van der Waals surface area (Å²) >= 11 is 5.91. The van der Waals surface area contributed by atoms with Crippen LogP contribution in [0.25, 0.3) is 0 Å². The van der Waals surface area contributed by atoms with Gasteiger partial charge in [-0.05, 0) is 49.0 Å². The first kappa shape index (κ1) is 18.1. The van der Waals surface area contributed by atoms with Crippen LogP contribution in [0.4, 0.5) is 4.39 Å². The van der Waals surface area contributed by atoms with Crippen molar-refractivity contribution in [1.29, 1.82) is 0 Å². The molecule has 0 spiro atoms. The molecule has 0 amide bonds. The minimum absolute atomic E-state index is 0.210. The number of ether oxygens (including phenoxy) is 1. The highest BCUT2D eigenvalue weighted by Gasteiger charge is 2.44. The number of benzene rings is 2. The van der Waals surface area contributed by atoms with Crippen molar-refractivity contribution in [2.45, 2.75) is 37.3 Å². The van der Waals surface area contributed by atoms with Crippen molar-refractivity contribution in [3.8, 4) is 5.75 Å². The third kappa shape index (κ3) is 4.30. The van der Waals surface area contributed by atoms with Gasteiger partial charge in [0.1, 0.15) is 23.8 Å². The van der Waals surface area contributed by atoms with Gasteiger partial charge >= 0.3 is 0 Å². The molecule has 0 heterocycles. The fraction of sp³-hybridized carbons (Fsp3) is 0.368. The number of halogens is 2. The van der Waals surface area contributed by atoms with E-state index < -0.39 is 12.2 Å². The largest absolute Gasteiger partial charge is 0.488 e. The second-order valence-electron chi connectivity index (χ2n) is 6.53. The molecule has 25 heavy (non-hydrogen) atoms. The molecule has 3 N–H and O–H groups in total. The van der Waals surface area contributed by atoms with Crippen LogP contribution in [-0.2, 0) is 6.54 Å². The van der Waals surface area contributed by atoms with Crippen molar-refractivity contribution in [3.05, 3.63) is 64.9 Å². The molecular formula is C19H22ClFN2O2. The smallest absolute Gasteiger partial charge is 0.128 e. The van der Waals surface area contributed by atoms with Gasteiger partial charge in [-0.15, -0.1) is 0 Å². The lowest BCUT2D eigenvalue weighted by Gasteiger charge is -2.30. The van der Waals surface area contributed by atoms with E-state index >= 15 is 0 Å². The van der Waals surface area contributed by atoms with E-state index in [2.05, 4.69) is 0 Å². The highest BCUT2D eigenvalue weighted by molar-refractivity contribution is 6.30. The molecule has 1 fully saturated rings. The van der Waals surface area contributed by atoms with Crippen LogP contribution in [-0.4, -0.2) is 41.3 Å². The van der Waals surface area contributed by atoms with E-state index in [9.17, 15) is 9.50 Å². The Morgan fingerprint density at radius 2 is 1.84 bits per heavy atom. The minimum Gasteiger partial charge on any atom is -0.488 e. The van der Waals surface area contributed by atoms with E-state index in [-0.39, 0.29) is 17.9 Å². The van der Waals surface area contributed by atoms with Gasteiger partial charge in [0.25, 0.3) is 0 Å². The summed E-state index contributed by atoms with van der Waals surface area (Å²) in [4.78, 5) is 2.03. The van der Waals surface area contributed by atoms with Crippen LogP contribution in [0.2, 0.25) is 5.02 Å². The van der Waals surface area contributed by atoms with Crippen LogP contribution in [0.15, 0.2) is 48.5 Å². The summed E-state index contributed by atoms with van der Waals surface area (Å²) in [6, 6.07) is 12.9. The number of aliphatic hydroxyl groups is 1. The molecular weight excluding hydrogens is 343 g/mol. The van der Waals surface area contributed by atoms with Crippen molar-refractivity contribution in [1.82, 2.24) is 4.90 Å². The Morgan fingerprint density at radius 1 is 1.20 bits per heavy atom. The zero-order chi connectivity index (χ0) is 18.0. The molecule has 4 atom stereocenters. The van der Waals surface area contributed by atoms with Crippen LogP contribution in [0.1, 0.15) is 12.0 Å². The number of nitrogens with zero attached hydrogens (tertiary/aromatic N) is 1. The summed E-state index contributed by atoms with van der Waals surface area (Å²) in [5.74, 6) is 0.204. The van der Waals surface area contributed by atoms with Gasteiger partial charge in [0.2, 0.25) is 0 Å². The Hall–Kier alpha value is -1.66. The monoisotopic (exact) mass is 364 g/mol. The molecule has 0 aliphatic heterocycles. The van der Waals surface area contributed by atoms with Crippen LogP contribution < -0.4 is 10.5 Å². The molecule has 2 aromatic carbocycles. The quantitative estimate of drug-likeness (QED) is 0.856. The zero-order valence-electron chi connectivity index (χ0n) is 14.0. The second-order valence-corrected chi connectivity index (χ2v) is 6.97. The maximum absolute atomic E-state index is 13.0. The Labute approximate surface area is 152 Å². The topological polar surface area (TPSA) is 58.7 Å². The minimum atomic E-state index is -0.725. The summed E-state index contributed by atoms with van der Waals surface area (Å²) in [5.41, 5.74) is 7.35. The highest BCUT2D eigenvalue weighted by atomic mass is 35.5. The Balaban J connectivity index is 1.65. The normalized spacial score (nSPS) is 26.2. The lowest BCUT2D eigenvalue weighted by atomic mass is 10.1. The molecule has 0 unspecified atom stereocenters. The zero-order valence-corrected chi connectivity index (χ0v) is 14.7. The van der Waals surface area contributed by atoms with Crippen LogP contribution in [0.5, 0.6) is 5.75 Å². The van der Waals surface area contributed by atoms with E-state index in [1.165, 1.54) is 12.1 Å². The molecule has 6 heteroatoms. The number of aliphatic hydroxyl groups excluding tert-OH is 1. The van der Waals surface area contributed by atoms with Crippen molar-refractivity contribution in [2.75, 3.05) is 7.05 Å². The average Bonchev–Trinajstić information content (AvgIpc) is 2.85. The third-order valence-corrected chi connectivity index (χ3v) is 4.88. The molecule has 134 valence electrons. The molecule has 2 aromatic rings. The van der Waals surface area contributed by atoms with Crippen LogP contribution >= 0.6 is 11.6 Å². The molecule has 0 aromatic heterocycles. The first-order valence-electron chi connectivity index (χ1n) is 8.24. The van der Waals surface area contributed by atoms with Gasteiger partial charge in [-0.1, -0.05) is 23.7 Å². The first-order chi connectivity index (χ1) is 11.9. The standard InChI is InChI=1S/C19H22ClFN2O2/c1-23(11-12-2-4-13(20)5-3-12)18-16(22)10-17(19(18)24)25-15-8-6-14(21)7-9-15/h2-9,16-19,24H,10-11,22H2,1H3/t16-,17-,18+,19+/m1/s1. The predicted molar refractivity (Wildman–Crippen MR) is 96.1 cm³/mol. The van der Waals surface area contributed by atoms with Crippen molar-refractivity contribution < 1.29 is 14.2 Å². The predicted octanol–water partition coefficient (Wildman–Crippen LogP) is 2.82. The van der Waals surface area contributed by atoms with E-state index in [1.54, 1.807) is 12.1 Å². The van der Waals surface area contributed by atoms with Crippen molar-refractivity contribution in [3.63, 3.8) is 0 Å². The maximum Gasteiger partial charge on any atom is 0.128 e. The number of rotatable bonds is 5. The maximum atomic E-state index is 13.0. The Bertz CT molecular complexity index is 696. The summed E-state index contributed by atoms with van der Waals surface area (Å²) in [7, 11) is 1.93. The third-order valence-electron chi connectivity index (χ3n) is 4.63.